The molecule has 0 radical (unpaired) electrons. The molecular formula is C32H52O3. The summed E-state index contributed by atoms with van der Waals surface area (Å²) in [6.45, 7) is 16.5. The predicted molar refractivity (Wildman–Crippen MR) is 148 cm³/mol. The van der Waals surface area contributed by atoms with Gasteiger partial charge < -0.3 is 0 Å². The van der Waals surface area contributed by atoms with Crippen molar-refractivity contribution in [2.24, 2.45) is 17.8 Å². The number of fused-ring (bicyclic) bond motifs is 1. The van der Waals surface area contributed by atoms with Gasteiger partial charge in [-0.25, -0.2) is 0 Å². The molecule has 3 atom stereocenters. The summed E-state index contributed by atoms with van der Waals surface area (Å²) >= 11 is 0. The second-order valence-corrected chi connectivity index (χ2v) is 10.7. The smallest absolute Gasteiger partial charge is 0.163 e. The molecule has 0 heterocycles. The van der Waals surface area contributed by atoms with Gasteiger partial charge in [0, 0.05) is 17.9 Å². The summed E-state index contributed by atoms with van der Waals surface area (Å²) in [4.78, 5) is 37.7. The molecule has 3 unspecified atom stereocenters. The summed E-state index contributed by atoms with van der Waals surface area (Å²) in [5.74, 6) is 0.810. The highest BCUT2D eigenvalue weighted by molar-refractivity contribution is 6.01. The fourth-order valence-corrected chi connectivity index (χ4v) is 5.90. The van der Waals surface area contributed by atoms with Gasteiger partial charge in [-0.2, -0.15) is 0 Å². The van der Waals surface area contributed by atoms with E-state index in [9.17, 15) is 14.4 Å². The van der Waals surface area contributed by atoms with Crippen LogP contribution in [0.25, 0.3) is 0 Å². The van der Waals surface area contributed by atoms with E-state index in [0.717, 1.165) is 63.4 Å². The van der Waals surface area contributed by atoms with Gasteiger partial charge in [-0.3, -0.25) is 14.4 Å². The Balaban J connectivity index is 0.00000194. The van der Waals surface area contributed by atoms with E-state index in [0.29, 0.717) is 12.2 Å². The first-order valence-corrected chi connectivity index (χ1v) is 14.4. The van der Waals surface area contributed by atoms with Crippen LogP contribution in [0.15, 0.2) is 6.07 Å². The maximum Gasteiger partial charge on any atom is 0.163 e. The molecule has 1 aliphatic carbocycles. The standard InChI is InChI=1S/C29H44O3.C3H8/c1-7-11-13-24-18-22(9-3)20(6)29-26(24)16-21(17-28(29)32)15-23(12-8-2)25(10-4)27(31)14-19(5)30;1-3-2/h18,21,23,25H,7-17H2,1-6H3;3H2,1-2H3. The minimum atomic E-state index is -0.0703. The normalized spacial score (nSPS) is 16.7. The van der Waals surface area contributed by atoms with E-state index >= 15 is 0 Å². The van der Waals surface area contributed by atoms with E-state index in [1.54, 1.807) is 0 Å². The Morgan fingerprint density at radius 1 is 1.00 bits per heavy atom. The first kappa shape index (κ1) is 31.3. The van der Waals surface area contributed by atoms with Gasteiger partial charge in [-0.05, 0) is 86.5 Å². The Kier molecular flexibility index (Phi) is 14.4. The van der Waals surface area contributed by atoms with Crippen molar-refractivity contribution < 1.29 is 14.4 Å². The van der Waals surface area contributed by atoms with Crippen LogP contribution in [0.3, 0.4) is 0 Å². The third-order valence-electron chi connectivity index (χ3n) is 7.46. The largest absolute Gasteiger partial charge is 0.300 e. The van der Waals surface area contributed by atoms with E-state index in [1.165, 1.54) is 35.6 Å². The third kappa shape index (κ3) is 8.99. The molecule has 0 spiro atoms. The zero-order chi connectivity index (χ0) is 26.5. The van der Waals surface area contributed by atoms with Crippen molar-refractivity contribution in [3.05, 3.63) is 33.9 Å². The van der Waals surface area contributed by atoms with Crippen molar-refractivity contribution in [2.45, 2.75) is 132 Å². The maximum absolute atomic E-state index is 13.4. The number of carbonyl (C=O) groups is 3. The molecule has 0 saturated carbocycles. The Morgan fingerprint density at radius 3 is 2.17 bits per heavy atom. The van der Waals surface area contributed by atoms with Crippen molar-refractivity contribution in [3.8, 4) is 0 Å². The molecule has 0 aromatic heterocycles. The molecule has 0 amide bonds. The SMILES string of the molecule is CCC.CCCCc1cc(CC)c(C)c2c1CC(CC(CCC)C(CC)C(=O)CC(C)=O)CC2=O. The van der Waals surface area contributed by atoms with Gasteiger partial charge in [-0.15, -0.1) is 0 Å². The van der Waals surface area contributed by atoms with Crippen LogP contribution in [-0.2, 0) is 28.9 Å². The molecule has 1 aliphatic rings. The molecule has 0 fully saturated rings. The number of ketones is 3. The van der Waals surface area contributed by atoms with Crippen LogP contribution in [0.5, 0.6) is 0 Å². The Morgan fingerprint density at radius 2 is 1.66 bits per heavy atom. The minimum Gasteiger partial charge on any atom is -0.300 e. The minimum absolute atomic E-state index is 0.0469. The monoisotopic (exact) mass is 484 g/mol. The molecule has 0 saturated heterocycles. The van der Waals surface area contributed by atoms with Crippen LogP contribution in [-0.4, -0.2) is 17.3 Å². The van der Waals surface area contributed by atoms with E-state index in [-0.39, 0.29) is 35.7 Å². The lowest BCUT2D eigenvalue weighted by molar-refractivity contribution is -0.129. The van der Waals surface area contributed by atoms with E-state index < -0.39 is 0 Å². The van der Waals surface area contributed by atoms with Crippen LogP contribution in [0, 0.1) is 24.7 Å². The van der Waals surface area contributed by atoms with Crippen LogP contribution in [0.2, 0.25) is 0 Å². The van der Waals surface area contributed by atoms with Crippen LogP contribution < -0.4 is 0 Å². The maximum atomic E-state index is 13.4. The summed E-state index contributed by atoms with van der Waals surface area (Å²) in [6.07, 6.45) is 10.8. The van der Waals surface area contributed by atoms with E-state index in [1.807, 2.05) is 0 Å². The van der Waals surface area contributed by atoms with Gasteiger partial charge in [0.05, 0.1) is 6.42 Å². The Bertz CT molecular complexity index is 836. The first-order valence-electron chi connectivity index (χ1n) is 14.4. The molecule has 0 aliphatic heterocycles. The lowest BCUT2D eigenvalue weighted by atomic mass is 9.70. The van der Waals surface area contributed by atoms with E-state index in [4.69, 9.17) is 0 Å². The number of Topliss-reactive ketones (excluding diaryl/α,β-unsaturated/α-hetero) is 3. The molecule has 1 aromatic carbocycles. The number of aryl methyl sites for hydroxylation is 2. The molecule has 35 heavy (non-hydrogen) atoms. The molecule has 0 N–H and O–H groups in total. The second kappa shape index (κ2) is 16.1. The molecule has 1 aromatic rings. The lowest BCUT2D eigenvalue weighted by Crippen LogP contribution is -2.30. The molecule has 0 bridgehead atoms. The van der Waals surface area contributed by atoms with Crippen molar-refractivity contribution in [3.63, 3.8) is 0 Å². The Labute approximate surface area is 215 Å². The predicted octanol–water partition coefficient (Wildman–Crippen LogP) is 8.44. The second-order valence-electron chi connectivity index (χ2n) is 10.7. The number of benzene rings is 1. The summed E-state index contributed by atoms with van der Waals surface area (Å²) in [6, 6.07) is 2.36. The van der Waals surface area contributed by atoms with Gasteiger partial charge in [0.2, 0.25) is 0 Å². The number of carbonyl (C=O) groups excluding carboxylic acids is 3. The Hall–Kier alpha value is -1.77. The van der Waals surface area contributed by atoms with Crippen LogP contribution >= 0.6 is 0 Å². The molecule has 3 heteroatoms. The van der Waals surface area contributed by atoms with Gasteiger partial charge >= 0.3 is 0 Å². The third-order valence-corrected chi connectivity index (χ3v) is 7.46. The summed E-state index contributed by atoms with van der Waals surface area (Å²) in [5.41, 5.74) is 6.14. The van der Waals surface area contributed by atoms with Gasteiger partial charge in [0.25, 0.3) is 0 Å². The van der Waals surface area contributed by atoms with Crippen molar-refractivity contribution >= 4 is 17.3 Å². The number of hydrogen-bond donors (Lipinski definition) is 0. The molecule has 2 rings (SSSR count). The molecule has 198 valence electrons. The average molecular weight is 485 g/mol. The highest BCUT2D eigenvalue weighted by Crippen LogP contribution is 2.38. The molecular weight excluding hydrogens is 432 g/mol. The molecule has 3 nitrogen and oxygen atoms in total. The highest BCUT2D eigenvalue weighted by Gasteiger charge is 2.34. The van der Waals surface area contributed by atoms with Crippen LogP contribution in [0.1, 0.15) is 139 Å². The first-order chi connectivity index (χ1) is 16.7. The number of rotatable bonds is 13. The van der Waals surface area contributed by atoms with Crippen molar-refractivity contribution in [2.75, 3.05) is 0 Å². The summed E-state index contributed by atoms with van der Waals surface area (Å²) < 4.78 is 0. The summed E-state index contributed by atoms with van der Waals surface area (Å²) in [5, 5.41) is 0. The number of hydrogen-bond acceptors (Lipinski definition) is 3. The van der Waals surface area contributed by atoms with Gasteiger partial charge in [0.1, 0.15) is 11.6 Å². The summed E-state index contributed by atoms with van der Waals surface area (Å²) in [7, 11) is 0. The highest BCUT2D eigenvalue weighted by atomic mass is 16.1. The lowest BCUT2D eigenvalue weighted by Gasteiger charge is -2.33. The quantitative estimate of drug-likeness (QED) is 0.264. The zero-order valence-electron chi connectivity index (χ0n) is 24.0. The topological polar surface area (TPSA) is 51.2 Å². The van der Waals surface area contributed by atoms with E-state index in [2.05, 4.69) is 54.5 Å². The average Bonchev–Trinajstić information content (AvgIpc) is 2.79. The van der Waals surface area contributed by atoms with Crippen molar-refractivity contribution in [1.82, 2.24) is 0 Å². The fraction of sp³-hybridized carbons (Fsp3) is 0.719. The number of unbranched alkanes of at least 4 members (excludes halogenated alkanes) is 1. The van der Waals surface area contributed by atoms with Gasteiger partial charge in [-0.1, -0.05) is 73.3 Å². The van der Waals surface area contributed by atoms with Crippen LogP contribution in [0.4, 0.5) is 0 Å². The van der Waals surface area contributed by atoms with Gasteiger partial charge in [0.15, 0.2) is 5.78 Å². The van der Waals surface area contributed by atoms with Crippen molar-refractivity contribution in [1.29, 1.82) is 0 Å². The zero-order valence-corrected chi connectivity index (χ0v) is 24.0. The fourth-order valence-electron chi connectivity index (χ4n) is 5.90.